The van der Waals surface area contributed by atoms with Gasteiger partial charge >= 0.3 is 0 Å². The zero-order chi connectivity index (χ0) is 21.3. The van der Waals surface area contributed by atoms with Crippen LogP contribution in [0.3, 0.4) is 0 Å². The minimum Gasteiger partial charge on any atom is -0.468 e. The maximum atomic E-state index is 6.20. The molecule has 154 valence electrons. The lowest BCUT2D eigenvalue weighted by molar-refractivity contribution is 0.515. The molecule has 0 radical (unpaired) electrons. The molecule has 2 heterocycles. The largest absolute Gasteiger partial charge is 0.468 e. The predicted octanol–water partition coefficient (Wildman–Crippen LogP) is 7.29. The molecule has 0 N–H and O–H groups in total. The Bertz CT molecular complexity index is 1320. The summed E-state index contributed by atoms with van der Waals surface area (Å²) in [6, 6.07) is 34.2. The molecule has 1 aliphatic rings. The molecular weight excluding hydrogens is 390 g/mol. The number of aromatic nitrogens is 1. The van der Waals surface area contributed by atoms with Gasteiger partial charge in [-0.3, -0.25) is 4.98 Å². The van der Waals surface area contributed by atoms with E-state index in [1.165, 1.54) is 33.4 Å². The Morgan fingerprint density at radius 2 is 1.31 bits per heavy atom. The van der Waals surface area contributed by atoms with E-state index < -0.39 is 0 Å². The standard InChI is InChI=1S/C30H23NO/c1-2-10-21(11-3-1)18-30-27(28(20-32-30)29-16-8-9-17-31-29)19-26-24-14-6-4-12-22(24)23-13-5-7-15-25(23)26/h1-17,20,26H,18-19H2. The Hall–Kier alpha value is -3.91. The van der Waals surface area contributed by atoms with Gasteiger partial charge in [-0.25, -0.2) is 0 Å². The molecule has 1 aliphatic carbocycles. The molecule has 5 aromatic rings. The Morgan fingerprint density at radius 3 is 2.00 bits per heavy atom. The number of nitrogens with zero attached hydrogens (tertiary/aromatic N) is 1. The van der Waals surface area contributed by atoms with Crippen molar-refractivity contribution in [2.45, 2.75) is 18.8 Å². The molecule has 6 rings (SSSR count). The van der Waals surface area contributed by atoms with Crippen LogP contribution in [0.2, 0.25) is 0 Å². The van der Waals surface area contributed by atoms with Gasteiger partial charge in [0.05, 0.1) is 5.69 Å². The van der Waals surface area contributed by atoms with Crippen LogP contribution in [0.4, 0.5) is 0 Å². The third-order valence-corrected chi connectivity index (χ3v) is 6.50. The molecule has 0 fully saturated rings. The van der Waals surface area contributed by atoms with Crippen molar-refractivity contribution in [3.8, 4) is 22.4 Å². The Morgan fingerprint density at radius 1 is 0.656 bits per heavy atom. The number of hydrogen-bond acceptors (Lipinski definition) is 2. The zero-order valence-corrected chi connectivity index (χ0v) is 17.7. The minimum atomic E-state index is 0.303. The monoisotopic (exact) mass is 413 g/mol. The van der Waals surface area contributed by atoms with Crippen LogP contribution < -0.4 is 0 Å². The first kappa shape index (κ1) is 18.8. The SMILES string of the molecule is c1ccc(Cc2occ(-c3ccccn3)c2CC2c3ccccc3-c3ccccc32)cc1. The van der Waals surface area contributed by atoms with Gasteiger partial charge in [-0.1, -0.05) is 84.9 Å². The lowest BCUT2D eigenvalue weighted by Gasteiger charge is -2.15. The molecule has 2 heteroatoms. The van der Waals surface area contributed by atoms with Crippen LogP contribution in [0.15, 0.2) is 114 Å². The fourth-order valence-electron chi connectivity index (χ4n) is 5.00. The Labute approximate surface area is 188 Å². The van der Waals surface area contributed by atoms with Crippen LogP contribution in [-0.2, 0) is 12.8 Å². The van der Waals surface area contributed by atoms with E-state index in [1.54, 1.807) is 0 Å². The number of furan rings is 1. The van der Waals surface area contributed by atoms with Crippen molar-refractivity contribution in [3.63, 3.8) is 0 Å². The summed E-state index contributed by atoms with van der Waals surface area (Å²) in [5.74, 6) is 1.33. The van der Waals surface area contributed by atoms with E-state index in [4.69, 9.17) is 4.42 Å². The minimum absolute atomic E-state index is 0.303. The summed E-state index contributed by atoms with van der Waals surface area (Å²) >= 11 is 0. The Balaban J connectivity index is 1.47. The van der Waals surface area contributed by atoms with Crippen LogP contribution in [0.25, 0.3) is 22.4 Å². The molecule has 0 saturated heterocycles. The summed E-state index contributed by atoms with van der Waals surface area (Å²) < 4.78 is 6.20. The van der Waals surface area contributed by atoms with Crippen molar-refractivity contribution >= 4 is 0 Å². The van der Waals surface area contributed by atoms with Crippen LogP contribution in [0.5, 0.6) is 0 Å². The molecule has 0 atom stereocenters. The molecule has 3 aromatic carbocycles. The fraction of sp³-hybridized carbons (Fsp3) is 0.100. The normalized spacial score (nSPS) is 12.5. The van der Waals surface area contributed by atoms with E-state index in [-0.39, 0.29) is 0 Å². The maximum absolute atomic E-state index is 6.20. The fourth-order valence-corrected chi connectivity index (χ4v) is 5.00. The highest BCUT2D eigenvalue weighted by Crippen LogP contribution is 2.47. The summed E-state index contributed by atoms with van der Waals surface area (Å²) in [7, 11) is 0. The van der Waals surface area contributed by atoms with Crippen molar-refractivity contribution in [3.05, 3.63) is 138 Å². The molecule has 0 amide bonds. The molecule has 0 bridgehead atoms. The molecule has 0 unspecified atom stereocenters. The summed E-state index contributed by atoms with van der Waals surface area (Å²) in [4.78, 5) is 4.63. The number of hydrogen-bond donors (Lipinski definition) is 0. The average molecular weight is 414 g/mol. The Kier molecular flexibility index (Phi) is 4.69. The van der Waals surface area contributed by atoms with Gasteiger partial charge < -0.3 is 4.42 Å². The van der Waals surface area contributed by atoms with Crippen molar-refractivity contribution in [2.75, 3.05) is 0 Å². The molecule has 0 spiro atoms. The van der Waals surface area contributed by atoms with Crippen LogP contribution >= 0.6 is 0 Å². The van der Waals surface area contributed by atoms with Gasteiger partial charge in [0.25, 0.3) is 0 Å². The first-order valence-corrected chi connectivity index (χ1v) is 11.1. The van der Waals surface area contributed by atoms with Gasteiger partial charge in [0.1, 0.15) is 12.0 Å². The smallest absolute Gasteiger partial charge is 0.112 e. The third kappa shape index (κ3) is 3.25. The highest BCUT2D eigenvalue weighted by molar-refractivity contribution is 5.79. The zero-order valence-electron chi connectivity index (χ0n) is 17.7. The topological polar surface area (TPSA) is 26.0 Å². The van der Waals surface area contributed by atoms with Gasteiger partial charge in [-0.05, 0) is 46.4 Å². The number of rotatable bonds is 5. The van der Waals surface area contributed by atoms with Gasteiger partial charge in [0.15, 0.2) is 0 Å². The van der Waals surface area contributed by atoms with E-state index in [9.17, 15) is 0 Å². The number of benzene rings is 3. The van der Waals surface area contributed by atoms with Crippen molar-refractivity contribution in [2.24, 2.45) is 0 Å². The molecule has 0 aliphatic heterocycles. The lowest BCUT2D eigenvalue weighted by atomic mass is 9.87. The highest BCUT2D eigenvalue weighted by atomic mass is 16.3. The van der Waals surface area contributed by atoms with E-state index in [0.717, 1.165) is 29.9 Å². The van der Waals surface area contributed by atoms with E-state index >= 15 is 0 Å². The molecule has 0 saturated carbocycles. The maximum Gasteiger partial charge on any atom is 0.112 e. The summed E-state index contributed by atoms with van der Waals surface area (Å²) in [6.07, 6.45) is 5.41. The van der Waals surface area contributed by atoms with Crippen molar-refractivity contribution in [1.29, 1.82) is 0 Å². The molecule has 32 heavy (non-hydrogen) atoms. The van der Waals surface area contributed by atoms with Crippen molar-refractivity contribution in [1.82, 2.24) is 4.98 Å². The molecular formula is C30H23NO. The summed E-state index contributed by atoms with van der Waals surface area (Å²) in [5.41, 5.74) is 10.1. The van der Waals surface area contributed by atoms with E-state index in [0.29, 0.717) is 5.92 Å². The molecule has 2 aromatic heterocycles. The second kappa shape index (κ2) is 7.97. The quantitative estimate of drug-likeness (QED) is 0.302. The van der Waals surface area contributed by atoms with E-state index in [1.807, 2.05) is 24.6 Å². The van der Waals surface area contributed by atoms with Crippen LogP contribution in [0, 0.1) is 0 Å². The first-order valence-electron chi connectivity index (χ1n) is 11.1. The third-order valence-electron chi connectivity index (χ3n) is 6.50. The number of pyridine rings is 1. The van der Waals surface area contributed by atoms with Gasteiger partial charge in [0.2, 0.25) is 0 Å². The first-order chi connectivity index (χ1) is 15.9. The average Bonchev–Trinajstić information content (AvgIpc) is 3.40. The predicted molar refractivity (Wildman–Crippen MR) is 129 cm³/mol. The molecule has 2 nitrogen and oxygen atoms in total. The number of fused-ring (bicyclic) bond motifs is 3. The van der Waals surface area contributed by atoms with Crippen LogP contribution in [0.1, 0.15) is 33.9 Å². The second-order valence-electron chi connectivity index (χ2n) is 8.36. The van der Waals surface area contributed by atoms with Gasteiger partial charge in [-0.15, -0.1) is 0 Å². The second-order valence-corrected chi connectivity index (χ2v) is 8.36. The summed E-state index contributed by atoms with van der Waals surface area (Å²) in [5, 5.41) is 0. The van der Waals surface area contributed by atoms with Crippen molar-refractivity contribution < 1.29 is 4.42 Å². The van der Waals surface area contributed by atoms with Gasteiger partial charge in [0, 0.05) is 29.7 Å². The van der Waals surface area contributed by atoms with Gasteiger partial charge in [-0.2, -0.15) is 0 Å². The lowest BCUT2D eigenvalue weighted by Crippen LogP contribution is -2.04. The van der Waals surface area contributed by atoms with E-state index in [2.05, 4.69) is 89.9 Å². The highest BCUT2D eigenvalue weighted by Gasteiger charge is 2.30. The van der Waals surface area contributed by atoms with Crippen LogP contribution in [-0.4, -0.2) is 4.98 Å². The summed E-state index contributed by atoms with van der Waals surface area (Å²) in [6.45, 7) is 0.